The zero-order valence-electron chi connectivity index (χ0n) is 12.4. The van der Waals surface area contributed by atoms with E-state index < -0.39 is 0 Å². The second-order valence-electron chi connectivity index (χ2n) is 5.17. The van der Waals surface area contributed by atoms with Gasteiger partial charge in [0.15, 0.2) is 0 Å². The summed E-state index contributed by atoms with van der Waals surface area (Å²) in [5.74, 6) is 1.08. The summed E-state index contributed by atoms with van der Waals surface area (Å²) in [5.41, 5.74) is 10.6. The van der Waals surface area contributed by atoms with Crippen molar-refractivity contribution in [3.63, 3.8) is 0 Å². The Morgan fingerprint density at radius 3 is 2.47 bits per heavy atom. The summed E-state index contributed by atoms with van der Waals surface area (Å²) in [5, 5.41) is 4.54. The molecule has 0 aliphatic heterocycles. The summed E-state index contributed by atoms with van der Waals surface area (Å²) in [6.07, 6.45) is 3.68. The fraction of sp³-hybridized carbons (Fsp3) is 0.571. The Bertz CT molecular complexity index is 579. The Hall–Kier alpha value is -1.62. The van der Waals surface area contributed by atoms with E-state index in [0.717, 1.165) is 35.7 Å². The molecule has 0 saturated carbocycles. The molecule has 2 aromatic heterocycles. The first-order valence-electron chi connectivity index (χ1n) is 6.74. The van der Waals surface area contributed by atoms with E-state index in [1.54, 1.807) is 0 Å². The lowest BCUT2D eigenvalue weighted by molar-refractivity contribution is 0.640. The van der Waals surface area contributed by atoms with E-state index >= 15 is 0 Å². The molecule has 0 fully saturated rings. The van der Waals surface area contributed by atoms with Crippen LogP contribution in [-0.2, 0) is 13.5 Å². The van der Waals surface area contributed by atoms with Gasteiger partial charge in [-0.3, -0.25) is 9.25 Å². The van der Waals surface area contributed by atoms with Gasteiger partial charge in [-0.1, -0.05) is 6.92 Å². The molecule has 104 valence electrons. The molecule has 19 heavy (non-hydrogen) atoms. The van der Waals surface area contributed by atoms with E-state index in [4.69, 9.17) is 5.73 Å². The standard InChI is InChI=1S/C14H23N5/c1-6-12(15)7-13-10(3)17-18(5)14(13)19-8-16-9(2)11(19)4/h8,12H,6-7,15H2,1-5H3. The molecule has 0 spiro atoms. The lowest BCUT2D eigenvalue weighted by Crippen LogP contribution is -2.22. The first-order chi connectivity index (χ1) is 8.95. The maximum Gasteiger partial charge on any atom is 0.139 e. The number of aryl methyl sites for hydroxylation is 3. The molecule has 0 saturated heterocycles. The molecule has 0 aliphatic carbocycles. The average Bonchev–Trinajstić information content (AvgIpc) is 2.82. The molecule has 5 nitrogen and oxygen atoms in total. The number of aromatic nitrogens is 4. The largest absolute Gasteiger partial charge is 0.327 e. The van der Waals surface area contributed by atoms with Crippen molar-refractivity contribution in [3.05, 3.63) is 29.0 Å². The maximum atomic E-state index is 6.11. The lowest BCUT2D eigenvalue weighted by atomic mass is 10.0. The van der Waals surface area contributed by atoms with Crippen LogP contribution in [0.3, 0.4) is 0 Å². The van der Waals surface area contributed by atoms with Gasteiger partial charge in [-0.25, -0.2) is 4.98 Å². The van der Waals surface area contributed by atoms with Crippen molar-refractivity contribution >= 4 is 0 Å². The number of hydrogen-bond donors (Lipinski definition) is 1. The van der Waals surface area contributed by atoms with Crippen molar-refractivity contribution in [2.24, 2.45) is 12.8 Å². The first-order valence-corrected chi connectivity index (χ1v) is 6.74. The summed E-state index contributed by atoms with van der Waals surface area (Å²) in [7, 11) is 1.97. The van der Waals surface area contributed by atoms with Crippen LogP contribution in [0.2, 0.25) is 0 Å². The molecular formula is C14H23N5. The van der Waals surface area contributed by atoms with Gasteiger partial charge in [-0.15, -0.1) is 0 Å². The number of imidazole rings is 1. The highest BCUT2D eigenvalue weighted by molar-refractivity contribution is 5.40. The van der Waals surface area contributed by atoms with Crippen LogP contribution < -0.4 is 5.73 Å². The summed E-state index contributed by atoms with van der Waals surface area (Å²) < 4.78 is 4.02. The number of nitrogens with zero attached hydrogens (tertiary/aromatic N) is 4. The van der Waals surface area contributed by atoms with Gasteiger partial charge in [0.1, 0.15) is 12.1 Å². The van der Waals surface area contributed by atoms with Crippen LogP contribution in [0.15, 0.2) is 6.33 Å². The predicted molar refractivity (Wildman–Crippen MR) is 76.5 cm³/mol. The zero-order valence-corrected chi connectivity index (χ0v) is 12.4. The Kier molecular flexibility index (Phi) is 3.75. The van der Waals surface area contributed by atoms with Crippen LogP contribution in [0.25, 0.3) is 5.82 Å². The highest BCUT2D eigenvalue weighted by atomic mass is 15.3. The third-order valence-electron chi connectivity index (χ3n) is 3.78. The predicted octanol–water partition coefficient (Wildman–Crippen LogP) is 1.81. The second kappa shape index (κ2) is 5.17. The molecule has 0 radical (unpaired) electrons. The molecule has 0 aliphatic rings. The minimum Gasteiger partial charge on any atom is -0.327 e. The molecule has 2 rings (SSSR count). The van der Waals surface area contributed by atoms with Crippen molar-refractivity contribution < 1.29 is 0 Å². The van der Waals surface area contributed by atoms with Gasteiger partial charge < -0.3 is 5.73 Å². The van der Waals surface area contributed by atoms with Crippen LogP contribution in [0, 0.1) is 20.8 Å². The minimum atomic E-state index is 0.173. The van der Waals surface area contributed by atoms with E-state index in [0.29, 0.717) is 0 Å². The van der Waals surface area contributed by atoms with Crippen molar-refractivity contribution in [2.75, 3.05) is 0 Å². The molecule has 2 aromatic rings. The number of nitrogens with two attached hydrogens (primary N) is 1. The molecule has 1 unspecified atom stereocenters. The lowest BCUT2D eigenvalue weighted by Gasteiger charge is -2.12. The van der Waals surface area contributed by atoms with Crippen molar-refractivity contribution in [1.29, 1.82) is 0 Å². The van der Waals surface area contributed by atoms with Gasteiger partial charge in [0, 0.05) is 24.3 Å². The number of hydrogen-bond acceptors (Lipinski definition) is 3. The summed E-state index contributed by atoms with van der Waals surface area (Å²) >= 11 is 0. The Morgan fingerprint density at radius 2 is 1.95 bits per heavy atom. The summed E-state index contributed by atoms with van der Waals surface area (Å²) in [4.78, 5) is 4.37. The zero-order chi connectivity index (χ0) is 14.2. The third-order valence-corrected chi connectivity index (χ3v) is 3.78. The Morgan fingerprint density at radius 1 is 1.26 bits per heavy atom. The van der Waals surface area contributed by atoms with Crippen LogP contribution in [0.4, 0.5) is 0 Å². The molecule has 2 heterocycles. The second-order valence-corrected chi connectivity index (χ2v) is 5.17. The fourth-order valence-corrected chi connectivity index (χ4v) is 2.35. The summed E-state index contributed by atoms with van der Waals surface area (Å²) in [6.45, 7) is 8.25. The van der Waals surface area contributed by atoms with Crippen LogP contribution in [0.5, 0.6) is 0 Å². The van der Waals surface area contributed by atoms with E-state index in [1.165, 1.54) is 5.56 Å². The molecule has 5 heteroatoms. The van der Waals surface area contributed by atoms with Gasteiger partial charge in [0.25, 0.3) is 0 Å². The molecule has 0 bridgehead atoms. The molecule has 0 aromatic carbocycles. The maximum absolute atomic E-state index is 6.11. The van der Waals surface area contributed by atoms with Crippen molar-refractivity contribution in [1.82, 2.24) is 19.3 Å². The van der Waals surface area contributed by atoms with Gasteiger partial charge in [-0.05, 0) is 33.6 Å². The van der Waals surface area contributed by atoms with E-state index in [9.17, 15) is 0 Å². The topological polar surface area (TPSA) is 61.7 Å². The molecule has 2 N–H and O–H groups in total. The van der Waals surface area contributed by atoms with E-state index in [-0.39, 0.29) is 6.04 Å². The van der Waals surface area contributed by atoms with Crippen LogP contribution in [-0.4, -0.2) is 25.4 Å². The monoisotopic (exact) mass is 261 g/mol. The molecular weight excluding hydrogens is 238 g/mol. The fourth-order valence-electron chi connectivity index (χ4n) is 2.35. The van der Waals surface area contributed by atoms with Gasteiger partial charge in [0.2, 0.25) is 0 Å². The first kappa shape index (κ1) is 13.8. The third kappa shape index (κ3) is 2.42. The van der Waals surface area contributed by atoms with E-state index in [1.807, 2.05) is 31.9 Å². The van der Waals surface area contributed by atoms with Crippen LogP contribution >= 0.6 is 0 Å². The highest BCUT2D eigenvalue weighted by Crippen LogP contribution is 2.22. The van der Waals surface area contributed by atoms with E-state index in [2.05, 4.69) is 28.5 Å². The average molecular weight is 261 g/mol. The highest BCUT2D eigenvalue weighted by Gasteiger charge is 2.18. The van der Waals surface area contributed by atoms with Gasteiger partial charge in [-0.2, -0.15) is 5.10 Å². The van der Waals surface area contributed by atoms with Gasteiger partial charge in [0.05, 0.1) is 11.4 Å². The number of rotatable bonds is 4. The molecule has 0 amide bonds. The SMILES string of the molecule is CCC(N)Cc1c(C)nn(C)c1-n1cnc(C)c1C. The van der Waals surface area contributed by atoms with Crippen molar-refractivity contribution in [3.8, 4) is 5.82 Å². The van der Waals surface area contributed by atoms with Gasteiger partial charge >= 0.3 is 0 Å². The Balaban J connectivity index is 2.53. The van der Waals surface area contributed by atoms with Crippen molar-refractivity contribution in [2.45, 2.75) is 46.6 Å². The quantitative estimate of drug-likeness (QED) is 0.913. The normalized spacial score (nSPS) is 12.9. The van der Waals surface area contributed by atoms with Crippen LogP contribution in [0.1, 0.15) is 36.0 Å². The Labute approximate surface area is 114 Å². The molecule has 1 atom stereocenters. The minimum absolute atomic E-state index is 0.173. The smallest absolute Gasteiger partial charge is 0.139 e. The summed E-state index contributed by atoms with van der Waals surface area (Å²) in [6, 6.07) is 0.173.